The van der Waals surface area contributed by atoms with Crippen LogP contribution in [0.2, 0.25) is 0 Å². The van der Waals surface area contributed by atoms with Gasteiger partial charge in [-0.3, -0.25) is 23.4 Å². The third-order valence-corrected chi connectivity index (χ3v) is 9.82. The summed E-state index contributed by atoms with van der Waals surface area (Å²) in [6.45, 7) is 2.72. The Morgan fingerprint density at radius 1 is 0.574 bits per heavy atom. The molecule has 0 saturated heterocycles. The van der Waals surface area contributed by atoms with E-state index in [0.717, 1.165) is 57.8 Å². The Morgan fingerprint density at radius 3 is 1.57 bits per heavy atom. The predicted octanol–water partition coefficient (Wildman–Crippen LogP) is 10.8. The van der Waals surface area contributed by atoms with E-state index in [1.165, 1.54) is 83.5 Å². The molecule has 0 spiro atoms. The average molecular weight is 786 g/mol. The lowest BCUT2D eigenvalue weighted by Gasteiger charge is -2.20. The van der Waals surface area contributed by atoms with Crippen molar-refractivity contribution in [3.8, 4) is 0 Å². The number of ether oxygens (including phenoxy) is 2. The van der Waals surface area contributed by atoms with Crippen molar-refractivity contribution >= 4 is 25.7 Å². The molecule has 0 aromatic rings. The summed E-state index contributed by atoms with van der Waals surface area (Å²) in [5, 5.41) is 8.87. The second-order valence-electron chi connectivity index (χ2n) is 14.1. The van der Waals surface area contributed by atoms with Crippen LogP contribution in [0.15, 0.2) is 36.5 Å². The van der Waals surface area contributed by atoms with Gasteiger partial charge in [0.2, 0.25) is 0 Å². The van der Waals surface area contributed by atoms with E-state index in [-0.39, 0.29) is 19.4 Å². The molecule has 0 rings (SSSR count). The minimum atomic E-state index is -4.72. The second-order valence-corrected chi connectivity index (χ2v) is 15.6. The molecule has 0 radical (unpaired) electrons. The number of carbonyl (C=O) groups excluding carboxylic acids is 2. The van der Waals surface area contributed by atoms with Gasteiger partial charge in [-0.1, -0.05) is 147 Å². The zero-order chi connectivity index (χ0) is 40.0. The normalized spacial score (nSPS) is 14.1. The second kappa shape index (κ2) is 37.6. The van der Waals surface area contributed by atoms with E-state index in [1.54, 1.807) is 0 Å². The third-order valence-electron chi connectivity index (χ3n) is 8.87. The van der Waals surface area contributed by atoms with Crippen molar-refractivity contribution in [3.63, 3.8) is 0 Å². The van der Waals surface area contributed by atoms with E-state index >= 15 is 0 Å². The van der Waals surface area contributed by atoms with E-state index in [1.807, 2.05) is 6.08 Å². The molecule has 1 unspecified atom stereocenters. The van der Waals surface area contributed by atoms with Crippen LogP contribution in [-0.2, 0) is 37.5 Å². The first kappa shape index (κ1) is 51.7. The molecule has 3 atom stereocenters. The fourth-order valence-corrected chi connectivity index (χ4v) is 6.30. The van der Waals surface area contributed by atoms with Crippen LogP contribution >= 0.6 is 7.82 Å². The molecule has 0 aliphatic carbocycles. The van der Waals surface area contributed by atoms with Crippen molar-refractivity contribution < 1.29 is 47.5 Å². The van der Waals surface area contributed by atoms with E-state index in [9.17, 15) is 23.8 Å². The Labute approximate surface area is 327 Å². The molecule has 0 heterocycles. The molecule has 0 saturated carbocycles. The monoisotopic (exact) mass is 786 g/mol. The number of esters is 2. The number of aliphatic carboxylic acids is 1. The van der Waals surface area contributed by atoms with Crippen molar-refractivity contribution in [2.24, 2.45) is 5.73 Å². The summed E-state index contributed by atoms with van der Waals surface area (Å²) in [5.74, 6) is -2.46. The summed E-state index contributed by atoms with van der Waals surface area (Å²) >= 11 is 0. The highest BCUT2D eigenvalue weighted by Gasteiger charge is 2.28. The summed E-state index contributed by atoms with van der Waals surface area (Å²) in [6, 6.07) is -1.53. The van der Waals surface area contributed by atoms with E-state index < -0.39 is 51.1 Å². The van der Waals surface area contributed by atoms with E-state index in [2.05, 4.69) is 48.8 Å². The molecule has 0 aliphatic heterocycles. The van der Waals surface area contributed by atoms with Gasteiger partial charge >= 0.3 is 25.7 Å². The molecule has 0 aromatic carbocycles. The minimum absolute atomic E-state index is 0.136. The van der Waals surface area contributed by atoms with Crippen molar-refractivity contribution in [1.82, 2.24) is 0 Å². The number of nitrogens with two attached hydrogens (primary N) is 1. The van der Waals surface area contributed by atoms with Crippen LogP contribution in [-0.4, -0.2) is 59.9 Å². The number of carboxylic acid groups (broad SMARTS) is 1. The summed E-state index contributed by atoms with van der Waals surface area (Å²) in [5.41, 5.74) is 5.32. The number of carboxylic acids is 1. The van der Waals surface area contributed by atoms with Crippen LogP contribution in [0.25, 0.3) is 0 Å². The first-order valence-electron chi connectivity index (χ1n) is 21.0. The third kappa shape index (κ3) is 36.7. The molecule has 0 amide bonds. The molecule has 54 heavy (non-hydrogen) atoms. The van der Waals surface area contributed by atoms with Crippen molar-refractivity contribution in [1.29, 1.82) is 0 Å². The number of unbranched alkanes of at least 4 members (excludes halogenated alkanes) is 19. The Balaban J connectivity index is 4.45. The van der Waals surface area contributed by atoms with E-state index in [0.29, 0.717) is 12.8 Å². The molecular formula is C42H76NO10P. The van der Waals surface area contributed by atoms with E-state index in [4.69, 9.17) is 24.8 Å². The number of rotatable bonds is 39. The number of allylic oxidation sites excluding steroid dienone is 6. The maximum Gasteiger partial charge on any atom is 0.472 e. The lowest BCUT2D eigenvalue weighted by Crippen LogP contribution is -2.34. The number of phosphoric acid groups is 1. The maximum absolute atomic E-state index is 12.6. The van der Waals surface area contributed by atoms with Crippen LogP contribution in [0.1, 0.15) is 181 Å². The minimum Gasteiger partial charge on any atom is -0.480 e. The van der Waals surface area contributed by atoms with Crippen LogP contribution in [0.5, 0.6) is 0 Å². The summed E-state index contributed by atoms with van der Waals surface area (Å²) < 4.78 is 32.6. The van der Waals surface area contributed by atoms with Crippen LogP contribution in [0.4, 0.5) is 0 Å². The maximum atomic E-state index is 12.6. The molecule has 11 nitrogen and oxygen atoms in total. The first-order valence-corrected chi connectivity index (χ1v) is 22.5. The van der Waals surface area contributed by atoms with Crippen molar-refractivity contribution in [2.75, 3.05) is 19.8 Å². The average Bonchev–Trinajstić information content (AvgIpc) is 3.14. The molecule has 4 N–H and O–H groups in total. The standard InChI is InChI=1S/C42H76NO10P/c1-3-5-7-9-11-13-15-17-19-21-23-25-27-29-31-33-40(44)50-35-38(36-51-54(48,49)52-37-39(43)42(46)47)53-41(45)34-32-30-28-26-24-22-20-18-16-14-12-10-8-6-4-2/h12,14,18,20,27,29,38-39H,3-11,13,15-17,19,21-26,28,30-37,43H2,1-2H3,(H,46,47)(H,48,49)/b14-12+,20-18+,29-27+/t38-,39+/m1/s1. The lowest BCUT2D eigenvalue weighted by atomic mass is 10.1. The Hall–Kier alpha value is -2.30. The zero-order valence-corrected chi connectivity index (χ0v) is 34.7. The van der Waals surface area contributed by atoms with Gasteiger partial charge in [0.25, 0.3) is 0 Å². The Bertz CT molecular complexity index is 1060. The zero-order valence-electron chi connectivity index (χ0n) is 33.8. The number of carbonyl (C=O) groups is 3. The van der Waals surface area contributed by atoms with Gasteiger partial charge in [-0.15, -0.1) is 0 Å². The van der Waals surface area contributed by atoms with Gasteiger partial charge in [-0.25, -0.2) is 4.57 Å². The van der Waals surface area contributed by atoms with Crippen LogP contribution in [0, 0.1) is 0 Å². The first-order chi connectivity index (χ1) is 26.1. The smallest absolute Gasteiger partial charge is 0.472 e. The quantitative estimate of drug-likeness (QED) is 0.0234. The molecular weight excluding hydrogens is 709 g/mol. The van der Waals surface area contributed by atoms with Crippen LogP contribution in [0.3, 0.4) is 0 Å². The molecule has 0 aromatic heterocycles. The van der Waals surface area contributed by atoms with Crippen molar-refractivity contribution in [3.05, 3.63) is 36.5 Å². The van der Waals surface area contributed by atoms with Gasteiger partial charge < -0.3 is 25.2 Å². The van der Waals surface area contributed by atoms with Gasteiger partial charge in [-0.2, -0.15) is 0 Å². The van der Waals surface area contributed by atoms with Gasteiger partial charge in [-0.05, 0) is 57.8 Å². The fraction of sp³-hybridized carbons (Fsp3) is 0.786. The number of hydrogen-bond donors (Lipinski definition) is 3. The van der Waals surface area contributed by atoms with Crippen molar-refractivity contribution in [2.45, 2.75) is 193 Å². The Morgan fingerprint density at radius 2 is 1.02 bits per heavy atom. The largest absolute Gasteiger partial charge is 0.480 e. The lowest BCUT2D eigenvalue weighted by molar-refractivity contribution is -0.161. The van der Waals surface area contributed by atoms with Gasteiger partial charge in [0, 0.05) is 12.8 Å². The van der Waals surface area contributed by atoms with Gasteiger partial charge in [0.15, 0.2) is 6.10 Å². The molecule has 12 heteroatoms. The van der Waals surface area contributed by atoms with Gasteiger partial charge in [0.05, 0.1) is 13.2 Å². The predicted molar refractivity (Wildman–Crippen MR) is 217 cm³/mol. The molecule has 0 aliphatic rings. The molecule has 0 fully saturated rings. The number of phosphoric ester groups is 1. The fourth-order valence-electron chi connectivity index (χ4n) is 5.52. The Kier molecular flexibility index (Phi) is 36.0. The molecule has 0 bridgehead atoms. The van der Waals surface area contributed by atoms with Gasteiger partial charge in [0.1, 0.15) is 12.6 Å². The highest BCUT2D eigenvalue weighted by atomic mass is 31.2. The SMILES string of the molecule is CCCCC/C=C/C/C=C/CCCCCCCC(=O)O[C@H](COC(=O)CC/C=C/CCCCCCCCCCCCC)COP(=O)(O)OC[C@H](N)C(=O)O. The number of hydrogen-bond acceptors (Lipinski definition) is 9. The highest BCUT2D eigenvalue weighted by molar-refractivity contribution is 7.47. The highest BCUT2D eigenvalue weighted by Crippen LogP contribution is 2.43. The molecule has 314 valence electrons. The summed E-state index contributed by atoms with van der Waals surface area (Å²) in [6.07, 6.45) is 39.3. The summed E-state index contributed by atoms with van der Waals surface area (Å²) in [4.78, 5) is 45.8. The topological polar surface area (TPSA) is 172 Å². The summed E-state index contributed by atoms with van der Waals surface area (Å²) in [7, 11) is -4.72. The van der Waals surface area contributed by atoms with Crippen LogP contribution < -0.4 is 5.73 Å².